The van der Waals surface area contributed by atoms with Gasteiger partial charge in [-0.1, -0.05) is 30.3 Å². The zero-order chi connectivity index (χ0) is 24.8. The SMILES string of the molecule is COc1ccc(S(=O)(=O)Nc2ccc(Oc3ccccc3)cc2)cc1NC(=O)c1ccccc1F. The standard InChI is InChI=1S/C26H21FN2O5S/c1-33-25-16-15-21(17-24(25)28-26(30)22-9-5-6-10-23(22)27)35(31,32)29-18-11-13-20(14-12-18)34-19-7-3-2-4-8-19/h2-17,29H,1H3,(H,28,30). The van der Waals surface area contributed by atoms with Crippen molar-refractivity contribution in [2.75, 3.05) is 17.1 Å². The maximum absolute atomic E-state index is 14.0. The van der Waals surface area contributed by atoms with Crippen molar-refractivity contribution in [2.24, 2.45) is 0 Å². The van der Waals surface area contributed by atoms with Crippen LogP contribution in [0.5, 0.6) is 17.2 Å². The Labute approximate surface area is 202 Å². The fraction of sp³-hybridized carbons (Fsp3) is 0.0385. The Morgan fingerprint density at radius 1 is 0.829 bits per heavy atom. The predicted molar refractivity (Wildman–Crippen MR) is 131 cm³/mol. The summed E-state index contributed by atoms with van der Waals surface area (Å²) < 4.78 is 53.4. The zero-order valence-electron chi connectivity index (χ0n) is 18.6. The van der Waals surface area contributed by atoms with E-state index in [-0.39, 0.29) is 21.9 Å². The Hall–Kier alpha value is -4.37. The fourth-order valence-corrected chi connectivity index (χ4v) is 4.30. The van der Waals surface area contributed by atoms with Crippen LogP contribution in [0.2, 0.25) is 0 Å². The molecule has 0 atom stereocenters. The molecular formula is C26H21FN2O5S. The number of methoxy groups -OCH3 is 1. The summed E-state index contributed by atoms with van der Waals surface area (Å²) in [5.74, 6) is -0.0196. The number of anilines is 2. The topological polar surface area (TPSA) is 93.7 Å². The molecular weight excluding hydrogens is 471 g/mol. The lowest BCUT2D eigenvalue weighted by atomic mass is 10.2. The molecule has 0 bridgehead atoms. The highest BCUT2D eigenvalue weighted by Gasteiger charge is 2.19. The number of hydrogen-bond donors (Lipinski definition) is 2. The largest absolute Gasteiger partial charge is 0.495 e. The van der Waals surface area contributed by atoms with Crippen LogP contribution in [0.25, 0.3) is 0 Å². The van der Waals surface area contributed by atoms with Gasteiger partial charge in [-0.15, -0.1) is 0 Å². The molecule has 0 unspecified atom stereocenters. The van der Waals surface area contributed by atoms with E-state index in [1.54, 1.807) is 24.3 Å². The summed E-state index contributed by atoms with van der Waals surface area (Å²) in [5, 5.41) is 2.51. The third-order valence-electron chi connectivity index (χ3n) is 4.93. The van der Waals surface area contributed by atoms with Gasteiger partial charge in [0.15, 0.2) is 0 Å². The van der Waals surface area contributed by atoms with E-state index in [0.29, 0.717) is 17.2 Å². The van der Waals surface area contributed by atoms with E-state index >= 15 is 0 Å². The first-order valence-electron chi connectivity index (χ1n) is 10.5. The monoisotopic (exact) mass is 492 g/mol. The van der Waals surface area contributed by atoms with Gasteiger partial charge in [-0.05, 0) is 66.7 Å². The van der Waals surface area contributed by atoms with Crippen molar-refractivity contribution in [2.45, 2.75) is 4.90 Å². The van der Waals surface area contributed by atoms with Gasteiger partial charge < -0.3 is 14.8 Å². The molecule has 2 N–H and O–H groups in total. The van der Waals surface area contributed by atoms with Crippen LogP contribution in [0.1, 0.15) is 10.4 Å². The molecule has 0 saturated heterocycles. The molecule has 7 nitrogen and oxygen atoms in total. The Bertz CT molecular complexity index is 1440. The number of carbonyl (C=O) groups excluding carboxylic acids is 1. The molecule has 0 aliphatic rings. The van der Waals surface area contributed by atoms with Gasteiger partial charge in [0, 0.05) is 5.69 Å². The molecule has 35 heavy (non-hydrogen) atoms. The first kappa shape index (κ1) is 23.8. The lowest BCUT2D eigenvalue weighted by molar-refractivity contribution is 0.102. The second kappa shape index (κ2) is 10.3. The highest BCUT2D eigenvalue weighted by Crippen LogP contribution is 2.30. The maximum Gasteiger partial charge on any atom is 0.261 e. The number of halogens is 1. The second-order valence-electron chi connectivity index (χ2n) is 7.34. The van der Waals surface area contributed by atoms with Crippen LogP contribution < -0.4 is 19.5 Å². The molecule has 0 spiro atoms. The number of hydrogen-bond acceptors (Lipinski definition) is 5. The smallest absolute Gasteiger partial charge is 0.261 e. The Kier molecular flexibility index (Phi) is 6.98. The van der Waals surface area contributed by atoms with Crippen molar-refractivity contribution < 1.29 is 27.1 Å². The average Bonchev–Trinajstić information content (AvgIpc) is 2.86. The predicted octanol–water partition coefficient (Wildman–Crippen LogP) is 5.68. The number of ether oxygens (including phenoxy) is 2. The molecule has 178 valence electrons. The number of amides is 1. The first-order valence-corrected chi connectivity index (χ1v) is 11.9. The zero-order valence-corrected chi connectivity index (χ0v) is 19.4. The van der Waals surface area contributed by atoms with Crippen molar-refractivity contribution in [1.29, 1.82) is 0 Å². The van der Waals surface area contributed by atoms with Crippen molar-refractivity contribution in [1.82, 2.24) is 0 Å². The van der Waals surface area contributed by atoms with Crippen molar-refractivity contribution in [3.05, 3.63) is 108 Å². The Balaban J connectivity index is 1.52. The summed E-state index contributed by atoms with van der Waals surface area (Å²) in [7, 11) is -2.64. The molecule has 0 radical (unpaired) electrons. The van der Waals surface area contributed by atoms with Gasteiger partial charge in [0.25, 0.3) is 15.9 Å². The molecule has 4 aromatic rings. The van der Waals surface area contributed by atoms with Crippen molar-refractivity contribution >= 4 is 27.3 Å². The Morgan fingerprint density at radius 3 is 2.17 bits per heavy atom. The van der Waals surface area contributed by atoms with Crippen LogP contribution >= 0.6 is 0 Å². The van der Waals surface area contributed by atoms with Crippen LogP contribution in [-0.2, 0) is 10.0 Å². The molecule has 1 amide bonds. The number of sulfonamides is 1. The van der Waals surface area contributed by atoms with Gasteiger partial charge in [0.2, 0.25) is 0 Å². The van der Waals surface area contributed by atoms with E-state index < -0.39 is 21.7 Å². The van der Waals surface area contributed by atoms with Gasteiger partial charge in [-0.3, -0.25) is 9.52 Å². The van der Waals surface area contributed by atoms with Crippen molar-refractivity contribution in [3.8, 4) is 17.2 Å². The van der Waals surface area contributed by atoms with Gasteiger partial charge in [-0.2, -0.15) is 0 Å². The van der Waals surface area contributed by atoms with E-state index in [1.807, 2.05) is 30.3 Å². The summed E-state index contributed by atoms with van der Waals surface area (Å²) >= 11 is 0. The second-order valence-corrected chi connectivity index (χ2v) is 9.02. The van der Waals surface area contributed by atoms with Gasteiger partial charge in [0.05, 0.1) is 23.3 Å². The van der Waals surface area contributed by atoms with E-state index in [1.165, 1.54) is 43.5 Å². The van der Waals surface area contributed by atoms with Gasteiger partial charge in [0.1, 0.15) is 23.1 Å². The molecule has 0 heterocycles. The van der Waals surface area contributed by atoms with Crippen LogP contribution in [0.4, 0.5) is 15.8 Å². The summed E-state index contributed by atoms with van der Waals surface area (Å²) in [6.45, 7) is 0. The normalized spacial score (nSPS) is 10.9. The number of benzene rings is 4. The minimum absolute atomic E-state index is 0.0789. The lowest BCUT2D eigenvalue weighted by Gasteiger charge is -2.14. The number of rotatable bonds is 8. The molecule has 0 aliphatic heterocycles. The van der Waals surface area contributed by atoms with Crippen LogP contribution in [0.3, 0.4) is 0 Å². The highest BCUT2D eigenvalue weighted by atomic mass is 32.2. The molecule has 0 aromatic heterocycles. The number of para-hydroxylation sites is 1. The minimum Gasteiger partial charge on any atom is -0.495 e. The molecule has 4 rings (SSSR count). The number of nitrogens with one attached hydrogen (secondary N) is 2. The van der Waals surface area contributed by atoms with E-state index in [4.69, 9.17) is 9.47 Å². The quantitative estimate of drug-likeness (QED) is 0.330. The van der Waals surface area contributed by atoms with Gasteiger partial charge >= 0.3 is 0 Å². The summed E-state index contributed by atoms with van der Waals surface area (Å²) in [4.78, 5) is 12.4. The third-order valence-corrected chi connectivity index (χ3v) is 6.31. The lowest BCUT2D eigenvalue weighted by Crippen LogP contribution is -2.16. The fourth-order valence-electron chi connectivity index (χ4n) is 3.22. The summed E-state index contributed by atoms with van der Waals surface area (Å²) in [5.41, 5.74) is 0.215. The van der Waals surface area contributed by atoms with Crippen molar-refractivity contribution in [3.63, 3.8) is 0 Å². The van der Waals surface area contributed by atoms with Crippen LogP contribution in [-0.4, -0.2) is 21.4 Å². The molecule has 9 heteroatoms. The average molecular weight is 493 g/mol. The van der Waals surface area contributed by atoms with Crippen LogP contribution in [0.15, 0.2) is 102 Å². The van der Waals surface area contributed by atoms with E-state index in [2.05, 4.69) is 10.0 Å². The van der Waals surface area contributed by atoms with Gasteiger partial charge in [-0.25, -0.2) is 12.8 Å². The summed E-state index contributed by atoms with van der Waals surface area (Å²) in [6, 6.07) is 25.1. The minimum atomic E-state index is -4.01. The number of carbonyl (C=O) groups is 1. The molecule has 0 fully saturated rings. The maximum atomic E-state index is 14.0. The third kappa shape index (κ3) is 5.77. The van der Waals surface area contributed by atoms with Crippen LogP contribution in [0, 0.1) is 5.82 Å². The first-order chi connectivity index (χ1) is 16.9. The molecule has 0 saturated carbocycles. The molecule has 0 aliphatic carbocycles. The Morgan fingerprint density at radius 2 is 1.49 bits per heavy atom. The van der Waals surface area contributed by atoms with E-state index in [9.17, 15) is 17.6 Å². The van der Waals surface area contributed by atoms with E-state index in [0.717, 1.165) is 6.07 Å². The highest BCUT2D eigenvalue weighted by molar-refractivity contribution is 7.92. The molecule has 4 aromatic carbocycles. The summed E-state index contributed by atoms with van der Waals surface area (Å²) in [6.07, 6.45) is 0.